The molecule has 2 aromatic rings. The maximum Gasteiger partial charge on any atom is 0.122 e. The number of anilines is 1. The summed E-state index contributed by atoms with van der Waals surface area (Å²) in [5.41, 5.74) is 8.43. The summed E-state index contributed by atoms with van der Waals surface area (Å²) < 4.78 is 1.11. The molecular formula is C14H14BrN3S. The molecule has 0 saturated heterocycles. The summed E-state index contributed by atoms with van der Waals surface area (Å²) in [6.45, 7) is 0.801. The van der Waals surface area contributed by atoms with Crippen molar-refractivity contribution in [2.24, 2.45) is 5.73 Å². The van der Waals surface area contributed by atoms with E-state index in [4.69, 9.17) is 18.0 Å². The lowest BCUT2D eigenvalue weighted by atomic mass is 10.2. The lowest BCUT2D eigenvalue weighted by Gasteiger charge is -2.20. The molecule has 0 unspecified atom stereocenters. The van der Waals surface area contributed by atoms with E-state index in [9.17, 15) is 0 Å². The molecule has 0 saturated carbocycles. The van der Waals surface area contributed by atoms with Crippen molar-refractivity contribution in [1.29, 1.82) is 0 Å². The van der Waals surface area contributed by atoms with Crippen LogP contribution in [0.5, 0.6) is 0 Å². The van der Waals surface area contributed by atoms with Gasteiger partial charge in [0.05, 0.1) is 17.6 Å². The van der Waals surface area contributed by atoms with Crippen molar-refractivity contribution >= 4 is 38.8 Å². The van der Waals surface area contributed by atoms with Gasteiger partial charge in [-0.25, -0.2) is 0 Å². The number of nitrogens with zero attached hydrogens (tertiary/aromatic N) is 2. The fourth-order valence-electron chi connectivity index (χ4n) is 1.73. The molecule has 0 radical (unpaired) electrons. The fraction of sp³-hybridized carbons (Fsp3) is 0.143. The third-order valence-electron chi connectivity index (χ3n) is 2.81. The summed E-state index contributed by atoms with van der Waals surface area (Å²) in [6, 6.07) is 12.0. The molecule has 1 aromatic heterocycles. The fourth-order valence-corrected chi connectivity index (χ4v) is 2.26. The van der Waals surface area contributed by atoms with Gasteiger partial charge in [0.1, 0.15) is 4.99 Å². The van der Waals surface area contributed by atoms with Gasteiger partial charge in [-0.05, 0) is 23.8 Å². The predicted molar refractivity (Wildman–Crippen MR) is 86.4 cm³/mol. The van der Waals surface area contributed by atoms with Gasteiger partial charge in [0.15, 0.2) is 0 Å². The van der Waals surface area contributed by atoms with Crippen LogP contribution in [0.2, 0.25) is 0 Å². The Kier molecular flexibility index (Phi) is 4.50. The number of aromatic nitrogens is 1. The van der Waals surface area contributed by atoms with Crippen LogP contribution < -0.4 is 10.6 Å². The summed E-state index contributed by atoms with van der Waals surface area (Å²) in [5.74, 6) is 0. The number of hydrogen-bond acceptors (Lipinski definition) is 3. The van der Waals surface area contributed by atoms with Crippen LogP contribution in [0.4, 0.5) is 5.69 Å². The van der Waals surface area contributed by atoms with Crippen LogP contribution in [0, 0.1) is 0 Å². The van der Waals surface area contributed by atoms with Crippen LogP contribution in [0.25, 0.3) is 0 Å². The highest BCUT2D eigenvalue weighted by atomic mass is 79.9. The van der Waals surface area contributed by atoms with E-state index in [0.717, 1.165) is 16.7 Å². The SMILES string of the molecule is CN(Cc1ccccc1Br)c1ccc(C(N)=S)nc1. The molecule has 0 aliphatic carbocycles. The van der Waals surface area contributed by atoms with Crippen LogP contribution in [-0.4, -0.2) is 17.0 Å². The molecule has 0 amide bonds. The zero-order valence-electron chi connectivity index (χ0n) is 10.5. The van der Waals surface area contributed by atoms with Crippen molar-refractivity contribution in [3.05, 3.63) is 58.3 Å². The number of benzene rings is 1. The van der Waals surface area contributed by atoms with Gasteiger partial charge in [-0.2, -0.15) is 0 Å². The minimum atomic E-state index is 0.319. The Labute approximate surface area is 126 Å². The number of nitrogens with two attached hydrogens (primary N) is 1. The molecule has 0 atom stereocenters. The molecule has 0 spiro atoms. The number of hydrogen-bond donors (Lipinski definition) is 1. The second-order valence-electron chi connectivity index (χ2n) is 4.21. The van der Waals surface area contributed by atoms with E-state index in [1.54, 1.807) is 6.20 Å². The van der Waals surface area contributed by atoms with E-state index < -0.39 is 0 Å². The highest BCUT2D eigenvalue weighted by Gasteiger charge is 2.06. The van der Waals surface area contributed by atoms with Crippen molar-refractivity contribution in [2.45, 2.75) is 6.54 Å². The Morgan fingerprint density at radius 2 is 2.05 bits per heavy atom. The average molecular weight is 336 g/mol. The lowest BCUT2D eigenvalue weighted by molar-refractivity contribution is 0.913. The topological polar surface area (TPSA) is 42.1 Å². The smallest absolute Gasteiger partial charge is 0.122 e. The van der Waals surface area contributed by atoms with Gasteiger partial charge in [0.2, 0.25) is 0 Å². The van der Waals surface area contributed by atoms with E-state index in [-0.39, 0.29) is 0 Å². The number of halogens is 1. The summed E-state index contributed by atoms with van der Waals surface area (Å²) >= 11 is 8.44. The monoisotopic (exact) mass is 335 g/mol. The molecule has 2 rings (SSSR count). The van der Waals surface area contributed by atoms with E-state index in [2.05, 4.69) is 31.9 Å². The van der Waals surface area contributed by atoms with E-state index in [1.807, 2.05) is 37.4 Å². The Morgan fingerprint density at radius 1 is 1.32 bits per heavy atom. The van der Waals surface area contributed by atoms with Gasteiger partial charge >= 0.3 is 0 Å². The molecule has 0 fully saturated rings. The molecule has 0 aliphatic rings. The third-order valence-corrected chi connectivity index (χ3v) is 3.79. The van der Waals surface area contributed by atoms with Crippen LogP contribution in [0.1, 0.15) is 11.3 Å². The molecular weight excluding hydrogens is 322 g/mol. The number of pyridine rings is 1. The summed E-state index contributed by atoms with van der Waals surface area (Å²) in [5, 5.41) is 0. The van der Waals surface area contributed by atoms with E-state index in [0.29, 0.717) is 10.7 Å². The second-order valence-corrected chi connectivity index (χ2v) is 5.51. The molecule has 3 nitrogen and oxygen atoms in total. The van der Waals surface area contributed by atoms with Gasteiger partial charge in [0, 0.05) is 18.1 Å². The largest absolute Gasteiger partial charge is 0.388 e. The first-order valence-electron chi connectivity index (χ1n) is 5.78. The molecule has 5 heteroatoms. The normalized spacial score (nSPS) is 10.2. The van der Waals surface area contributed by atoms with Gasteiger partial charge in [-0.15, -0.1) is 0 Å². The quantitative estimate of drug-likeness (QED) is 0.871. The molecule has 19 heavy (non-hydrogen) atoms. The Hall–Kier alpha value is -1.46. The number of rotatable bonds is 4. The zero-order valence-corrected chi connectivity index (χ0v) is 12.9. The second kappa shape index (κ2) is 6.12. The summed E-state index contributed by atoms with van der Waals surface area (Å²) in [4.78, 5) is 6.68. The lowest BCUT2D eigenvalue weighted by Crippen LogP contribution is -2.18. The van der Waals surface area contributed by atoms with Gasteiger partial charge in [-0.3, -0.25) is 4.98 Å². The average Bonchev–Trinajstić information content (AvgIpc) is 2.41. The minimum absolute atomic E-state index is 0.319. The number of thiocarbonyl (C=S) groups is 1. The van der Waals surface area contributed by atoms with Crippen molar-refractivity contribution in [3.63, 3.8) is 0 Å². The first-order valence-corrected chi connectivity index (χ1v) is 6.98. The van der Waals surface area contributed by atoms with Gasteiger partial charge < -0.3 is 10.6 Å². The van der Waals surface area contributed by atoms with E-state index in [1.165, 1.54) is 5.56 Å². The summed E-state index contributed by atoms with van der Waals surface area (Å²) in [7, 11) is 2.02. The molecule has 0 bridgehead atoms. The predicted octanol–water partition coefficient (Wildman–Crippen LogP) is 3.11. The van der Waals surface area contributed by atoms with Crippen LogP contribution in [0.3, 0.4) is 0 Å². The van der Waals surface area contributed by atoms with E-state index >= 15 is 0 Å². The van der Waals surface area contributed by atoms with Crippen molar-refractivity contribution in [3.8, 4) is 0 Å². The maximum absolute atomic E-state index is 5.53. The van der Waals surface area contributed by atoms with Crippen molar-refractivity contribution < 1.29 is 0 Å². The van der Waals surface area contributed by atoms with Crippen LogP contribution >= 0.6 is 28.1 Å². The van der Waals surface area contributed by atoms with Crippen molar-refractivity contribution in [2.75, 3.05) is 11.9 Å². The first kappa shape index (κ1) is 14.0. The minimum Gasteiger partial charge on any atom is -0.388 e. The molecule has 1 heterocycles. The summed E-state index contributed by atoms with van der Waals surface area (Å²) in [6.07, 6.45) is 1.78. The molecule has 98 valence electrons. The molecule has 1 aromatic carbocycles. The van der Waals surface area contributed by atoms with Gasteiger partial charge in [-0.1, -0.05) is 46.3 Å². The van der Waals surface area contributed by atoms with Crippen molar-refractivity contribution in [1.82, 2.24) is 4.98 Å². The Bertz CT molecular complexity index is 583. The van der Waals surface area contributed by atoms with Gasteiger partial charge in [0.25, 0.3) is 0 Å². The first-order chi connectivity index (χ1) is 9.08. The maximum atomic E-state index is 5.53. The third kappa shape index (κ3) is 3.52. The Morgan fingerprint density at radius 3 is 2.63 bits per heavy atom. The highest BCUT2D eigenvalue weighted by Crippen LogP contribution is 2.20. The molecule has 0 aliphatic heterocycles. The highest BCUT2D eigenvalue weighted by molar-refractivity contribution is 9.10. The van der Waals surface area contributed by atoms with Crippen LogP contribution in [-0.2, 0) is 6.54 Å². The Balaban J connectivity index is 2.14. The zero-order chi connectivity index (χ0) is 13.8. The van der Waals surface area contributed by atoms with Crippen LogP contribution in [0.15, 0.2) is 47.1 Å². The molecule has 2 N–H and O–H groups in total. The standard InChI is InChI=1S/C14H14BrN3S/c1-18(9-10-4-2-3-5-12(10)15)11-6-7-13(14(16)19)17-8-11/h2-8H,9H2,1H3,(H2,16,19).